The van der Waals surface area contributed by atoms with Crippen LogP contribution in [0.15, 0.2) is 0 Å². The van der Waals surface area contributed by atoms with E-state index in [1.807, 2.05) is 0 Å². The zero-order valence-electron chi connectivity index (χ0n) is 24.2. The third kappa shape index (κ3) is 11.7. The minimum atomic E-state index is -0.556. The second-order valence-electron chi connectivity index (χ2n) is 12.6. The molecular weight excluding hydrogens is 418 g/mol. The molecule has 1 saturated carbocycles. The fourth-order valence-electron chi connectivity index (χ4n) is 6.40. The lowest BCUT2D eigenvalue weighted by Gasteiger charge is -2.46. The van der Waals surface area contributed by atoms with Gasteiger partial charge >= 0.3 is 0 Å². The lowest BCUT2D eigenvalue weighted by molar-refractivity contribution is -0.200. The first-order valence-corrected chi connectivity index (χ1v) is 15.3. The van der Waals surface area contributed by atoms with Crippen molar-refractivity contribution < 1.29 is 9.84 Å². The Morgan fingerprint density at radius 2 is 1.21 bits per heavy atom. The lowest BCUT2D eigenvalue weighted by Crippen LogP contribution is -2.57. The van der Waals surface area contributed by atoms with Crippen molar-refractivity contribution in [2.75, 3.05) is 0 Å². The van der Waals surface area contributed by atoms with E-state index in [4.69, 9.17) is 10.5 Å². The lowest BCUT2D eigenvalue weighted by atomic mass is 9.71. The molecule has 34 heavy (non-hydrogen) atoms. The van der Waals surface area contributed by atoms with Gasteiger partial charge < -0.3 is 15.6 Å². The first kappa shape index (κ1) is 31.9. The van der Waals surface area contributed by atoms with Gasteiger partial charge in [0.05, 0.1) is 17.3 Å². The third-order valence-corrected chi connectivity index (χ3v) is 8.67. The molecule has 3 heteroatoms. The molecule has 0 radical (unpaired) electrons. The monoisotopic (exact) mass is 481 g/mol. The highest BCUT2D eigenvalue weighted by molar-refractivity contribution is 4.96. The normalized spacial score (nSPS) is 24.0. The van der Waals surface area contributed by atoms with Crippen molar-refractivity contribution in [3.05, 3.63) is 0 Å². The molecule has 0 spiro atoms. The van der Waals surface area contributed by atoms with Gasteiger partial charge in [0.2, 0.25) is 0 Å². The summed E-state index contributed by atoms with van der Waals surface area (Å²) in [6.07, 6.45) is 25.4. The van der Waals surface area contributed by atoms with E-state index < -0.39 is 11.7 Å². The summed E-state index contributed by atoms with van der Waals surface area (Å²) in [5.74, 6) is 0. The van der Waals surface area contributed by atoms with Crippen molar-refractivity contribution in [1.82, 2.24) is 0 Å². The largest absolute Gasteiger partial charge is 0.389 e. The smallest absolute Gasteiger partial charge is 0.0977 e. The van der Waals surface area contributed by atoms with Crippen LogP contribution in [0.25, 0.3) is 0 Å². The van der Waals surface area contributed by atoms with E-state index >= 15 is 0 Å². The maximum Gasteiger partial charge on any atom is 0.0977 e. The Morgan fingerprint density at radius 1 is 0.765 bits per heavy atom. The van der Waals surface area contributed by atoms with Crippen molar-refractivity contribution in [3.8, 4) is 0 Å². The second kappa shape index (κ2) is 16.6. The van der Waals surface area contributed by atoms with Crippen molar-refractivity contribution in [2.24, 2.45) is 11.1 Å². The number of ether oxygens (including phenoxy) is 1. The summed E-state index contributed by atoms with van der Waals surface area (Å²) in [7, 11) is 0. The second-order valence-corrected chi connectivity index (χ2v) is 12.6. The molecule has 0 aromatic carbocycles. The third-order valence-electron chi connectivity index (χ3n) is 8.67. The van der Waals surface area contributed by atoms with Gasteiger partial charge in [-0.05, 0) is 77.6 Å². The summed E-state index contributed by atoms with van der Waals surface area (Å²) < 4.78 is 6.50. The van der Waals surface area contributed by atoms with E-state index in [-0.39, 0.29) is 11.6 Å². The van der Waals surface area contributed by atoms with Gasteiger partial charge in [-0.25, -0.2) is 0 Å². The molecule has 0 heterocycles. The van der Waals surface area contributed by atoms with E-state index in [1.54, 1.807) is 0 Å². The predicted octanol–water partition coefficient (Wildman–Crippen LogP) is 9.09. The van der Waals surface area contributed by atoms with Crippen LogP contribution in [0.4, 0.5) is 0 Å². The molecule has 3 atom stereocenters. The Kier molecular flexibility index (Phi) is 15.6. The molecule has 0 saturated heterocycles. The molecule has 1 aliphatic rings. The van der Waals surface area contributed by atoms with E-state index in [0.29, 0.717) is 5.41 Å². The average Bonchev–Trinajstić information content (AvgIpc) is 2.79. The van der Waals surface area contributed by atoms with Gasteiger partial charge in [0.1, 0.15) is 0 Å². The SMILES string of the molecule is CCCCC(CCCC)(CCCC)CCCCCCCCC(C)(C)O[C@]1(C)CCC[C@H](N)[C@H]1O. The van der Waals surface area contributed by atoms with Crippen molar-refractivity contribution in [1.29, 1.82) is 0 Å². The number of rotatable bonds is 20. The highest BCUT2D eigenvalue weighted by atomic mass is 16.5. The Morgan fingerprint density at radius 3 is 1.71 bits per heavy atom. The Balaban J connectivity index is 2.32. The van der Waals surface area contributed by atoms with Gasteiger partial charge in [0, 0.05) is 6.04 Å². The summed E-state index contributed by atoms with van der Waals surface area (Å²) in [5.41, 5.74) is 6.05. The fourth-order valence-corrected chi connectivity index (χ4v) is 6.40. The number of aliphatic hydroxyl groups excluding tert-OH is 1. The number of nitrogens with two attached hydrogens (primary N) is 1. The van der Waals surface area contributed by atoms with Gasteiger partial charge in [-0.1, -0.05) is 97.8 Å². The number of hydrogen-bond acceptors (Lipinski definition) is 3. The molecule has 0 aliphatic heterocycles. The van der Waals surface area contributed by atoms with Crippen LogP contribution < -0.4 is 5.73 Å². The van der Waals surface area contributed by atoms with Crippen LogP contribution in [0.2, 0.25) is 0 Å². The van der Waals surface area contributed by atoms with Crippen molar-refractivity contribution in [3.63, 3.8) is 0 Å². The molecule has 1 rings (SSSR count). The molecule has 0 unspecified atom stereocenters. The molecule has 0 aromatic heterocycles. The summed E-state index contributed by atoms with van der Waals surface area (Å²) in [4.78, 5) is 0. The van der Waals surface area contributed by atoms with Crippen LogP contribution in [0, 0.1) is 5.41 Å². The van der Waals surface area contributed by atoms with Crippen LogP contribution in [-0.2, 0) is 4.74 Å². The van der Waals surface area contributed by atoms with E-state index in [0.717, 1.165) is 25.7 Å². The van der Waals surface area contributed by atoms with Crippen molar-refractivity contribution in [2.45, 2.75) is 193 Å². The van der Waals surface area contributed by atoms with Crippen LogP contribution >= 0.6 is 0 Å². The maximum absolute atomic E-state index is 10.6. The highest BCUT2D eigenvalue weighted by Gasteiger charge is 2.44. The quantitative estimate of drug-likeness (QED) is 0.170. The Hall–Kier alpha value is -0.120. The average molecular weight is 482 g/mol. The van der Waals surface area contributed by atoms with Gasteiger partial charge in [0.25, 0.3) is 0 Å². The van der Waals surface area contributed by atoms with E-state index in [2.05, 4.69) is 41.5 Å². The molecule has 0 bridgehead atoms. The molecule has 3 nitrogen and oxygen atoms in total. The van der Waals surface area contributed by atoms with Gasteiger partial charge in [-0.2, -0.15) is 0 Å². The molecule has 0 amide bonds. The van der Waals surface area contributed by atoms with Crippen LogP contribution in [0.3, 0.4) is 0 Å². The van der Waals surface area contributed by atoms with E-state index in [1.165, 1.54) is 103 Å². The molecule has 204 valence electrons. The summed E-state index contributed by atoms with van der Waals surface area (Å²) in [5, 5.41) is 10.6. The summed E-state index contributed by atoms with van der Waals surface area (Å²) in [6.45, 7) is 13.5. The van der Waals surface area contributed by atoms with Crippen LogP contribution in [-0.4, -0.2) is 28.5 Å². The topological polar surface area (TPSA) is 55.5 Å². The Labute approximate surface area is 214 Å². The highest BCUT2D eigenvalue weighted by Crippen LogP contribution is 2.41. The van der Waals surface area contributed by atoms with Gasteiger partial charge in [-0.15, -0.1) is 0 Å². The molecule has 1 fully saturated rings. The van der Waals surface area contributed by atoms with E-state index in [9.17, 15) is 5.11 Å². The number of aliphatic hydroxyl groups is 1. The molecule has 0 aromatic rings. The summed E-state index contributed by atoms with van der Waals surface area (Å²) in [6, 6.07) is -0.154. The van der Waals surface area contributed by atoms with Gasteiger partial charge in [0.15, 0.2) is 0 Å². The predicted molar refractivity (Wildman–Crippen MR) is 149 cm³/mol. The van der Waals surface area contributed by atoms with Gasteiger partial charge in [-0.3, -0.25) is 0 Å². The van der Waals surface area contributed by atoms with Crippen LogP contribution in [0.5, 0.6) is 0 Å². The Bertz CT molecular complexity index is 484. The minimum absolute atomic E-state index is 0.154. The molecule has 3 N–H and O–H groups in total. The summed E-state index contributed by atoms with van der Waals surface area (Å²) >= 11 is 0. The molecule has 1 aliphatic carbocycles. The van der Waals surface area contributed by atoms with Crippen molar-refractivity contribution >= 4 is 0 Å². The number of hydrogen-bond donors (Lipinski definition) is 2. The standard InChI is InChI=1S/C31H63NO2/c1-7-10-23-31(24-11-8-2,25-12-9-3)26-18-16-14-13-15-17-21-29(4,5)34-30(6)22-19-20-27(32)28(30)33/h27-28,33H,7-26,32H2,1-6H3/t27-,28+,30+/m0/s1. The first-order valence-electron chi connectivity index (χ1n) is 15.3. The molecular formula is C31H63NO2. The van der Waals surface area contributed by atoms with Crippen LogP contribution in [0.1, 0.15) is 170 Å². The zero-order valence-corrected chi connectivity index (χ0v) is 24.2. The minimum Gasteiger partial charge on any atom is -0.389 e. The first-order chi connectivity index (χ1) is 16.1. The fraction of sp³-hybridized carbons (Fsp3) is 1.00. The number of unbranched alkanes of at least 4 members (excludes halogenated alkanes) is 8. The maximum atomic E-state index is 10.6. The zero-order chi connectivity index (χ0) is 25.5.